The Morgan fingerprint density at radius 3 is 1.58 bits per heavy atom. The van der Waals surface area contributed by atoms with Crippen LogP contribution < -0.4 is 4.90 Å². The summed E-state index contributed by atoms with van der Waals surface area (Å²) in [7, 11) is 0. The molecule has 2 aliphatic rings. The monoisotopic (exact) mass is 619 g/mol. The molecule has 0 N–H and O–H groups in total. The molecule has 0 saturated carbocycles. The molecule has 0 bridgehead atoms. The van der Waals surface area contributed by atoms with Crippen molar-refractivity contribution < 1.29 is 0 Å². The highest BCUT2D eigenvalue weighted by Crippen LogP contribution is 2.55. The highest BCUT2D eigenvalue weighted by Gasteiger charge is 2.46. The van der Waals surface area contributed by atoms with Crippen LogP contribution in [0.5, 0.6) is 0 Å². The van der Waals surface area contributed by atoms with Gasteiger partial charge >= 0.3 is 0 Å². The molecule has 0 aliphatic heterocycles. The first-order valence-electron chi connectivity index (χ1n) is 17.3. The van der Waals surface area contributed by atoms with Crippen molar-refractivity contribution in [3.63, 3.8) is 0 Å². The zero-order valence-electron chi connectivity index (χ0n) is 28.7. The second kappa shape index (κ2) is 9.94. The summed E-state index contributed by atoms with van der Waals surface area (Å²) in [5.41, 5.74) is 14.4. The van der Waals surface area contributed by atoms with Gasteiger partial charge in [-0.15, -0.1) is 0 Å². The molecule has 0 spiro atoms. The first kappa shape index (κ1) is 29.0. The van der Waals surface area contributed by atoms with Gasteiger partial charge in [0.1, 0.15) is 0 Å². The summed E-state index contributed by atoms with van der Waals surface area (Å²) in [5, 5.41) is 5.04. The smallest absolute Gasteiger partial charge is 0.0468 e. The maximum absolute atomic E-state index is 2.47. The number of fused-ring (bicyclic) bond motifs is 8. The van der Waals surface area contributed by atoms with Crippen LogP contribution in [0, 0.1) is 0 Å². The lowest BCUT2D eigenvalue weighted by Gasteiger charge is -2.48. The lowest BCUT2D eigenvalue weighted by atomic mass is 9.55. The second-order valence-corrected chi connectivity index (χ2v) is 15.5. The van der Waals surface area contributed by atoms with Gasteiger partial charge in [0.2, 0.25) is 0 Å². The Labute approximate surface area is 284 Å². The number of anilines is 3. The number of hydrogen-bond donors (Lipinski definition) is 0. The molecule has 7 aromatic carbocycles. The van der Waals surface area contributed by atoms with E-state index in [-0.39, 0.29) is 16.2 Å². The summed E-state index contributed by atoms with van der Waals surface area (Å²) in [6, 6.07) is 52.5. The van der Waals surface area contributed by atoms with Crippen LogP contribution in [0.25, 0.3) is 43.8 Å². The van der Waals surface area contributed by atoms with Gasteiger partial charge in [-0.25, -0.2) is 0 Å². The minimum atomic E-state index is -0.0771. The van der Waals surface area contributed by atoms with Gasteiger partial charge in [-0.1, -0.05) is 133 Å². The summed E-state index contributed by atoms with van der Waals surface area (Å²) < 4.78 is 0. The van der Waals surface area contributed by atoms with Crippen LogP contribution in [-0.4, -0.2) is 0 Å². The van der Waals surface area contributed by atoms with Crippen molar-refractivity contribution in [2.24, 2.45) is 0 Å². The van der Waals surface area contributed by atoms with E-state index in [4.69, 9.17) is 0 Å². The molecule has 0 saturated heterocycles. The average Bonchev–Trinajstić information content (AvgIpc) is 3.32. The van der Waals surface area contributed by atoms with Crippen LogP contribution >= 0.6 is 0 Å². The van der Waals surface area contributed by atoms with Crippen LogP contribution in [0.15, 0.2) is 140 Å². The van der Waals surface area contributed by atoms with E-state index < -0.39 is 0 Å². The average molecular weight is 620 g/mol. The molecule has 2 aliphatic carbocycles. The van der Waals surface area contributed by atoms with Crippen LogP contribution in [-0.2, 0) is 16.2 Å². The third-order valence-electron chi connectivity index (χ3n) is 12.2. The van der Waals surface area contributed by atoms with Gasteiger partial charge in [0.15, 0.2) is 0 Å². The normalized spacial score (nSPS) is 16.2. The summed E-state index contributed by atoms with van der Waals surface area (Å²) in [6.45, 7) is 14.4. The van der Waals surface area contributed by atoms with E-state index >= 15 is 0 Å². The quantitative estimate of drug-likeness (QED) is 0.190. The van der Waals surface area contributed by atoms with Crippen molar-refractivity contribution in [2.45, 2.75) is 57.8 Å². The first-order valence-corrected chi connectivity index (χ1v) is 17.3. The number of benzene rings is 7. The topological polar surface area (TPSA) is 3.24 Å². The third kappa shape index (κ3) is 3.97. The fraction of sp³-hybridized carbons (Fsp3) is 0.191. The predicted molar refractivity (Wildman–Crippen MR) is 205 cm³/mol. The maximum Gasteiger partial charge on any atom is 0.0468 e. The Kier molecular flexibility index (Phi) is 6.01. The van der Waals surface area contributed by atoms with E-state index in [0.717, 1.165) is 5.69 Å². The van der Waals surface area contributed by atoms with Gasteiger partial charge in [-0.2, -0.15) is 0 Å². The number of hydrogen-bond acceptors (Lipinski definition) is 1. The Morgan fingerprint density at radius 1 is 0.333 bits per heavy atom. The first-order chi connectivity index (χ1) is 23.1. The summed E-state index contributed by atoms with van der Waals surface area (Å²) >= 11 is 0. The molecule has 0 atom stereocenters. The van der Waals surface area contributed by atoms with Gasteiger partial charge in [0.05, 0.1) is 0 Å². The van der Waals surface area contributed by atoms with Crippen LogP contribution in [0.4, 0.5) is 17.1 Å². The molecule has 0 amide bonds. The van der Waals surface area contributed by atoms with Gasteiger partial charge in [-0.3, -0.25) is 0 Å². The van der Waals surface area contributed by atoms with Crippen LogP contribution in [0.1, 0.15) is 63.8 Å². The largest absolute Gasteiger partial charge is 0.310 e. The molecule has 234 valence electrons. The van der Waals surface area contributed by atoms with Crippen molar-refractivity contribution in [3.05, 3.63) is 162 Å². The standard InChI is InChI=1S/C47H41N/c1-45(2)41-17-11-9-16-38(41)40-27-32-20-22-35(26-33(32)28-43(40)45)48(34-21-19-30-13-7-8-14-31(30)25-34)36-23-24-39-37-15-10-12-18-42(37)46(3,4)47(5,6)44(39)29-36/h7-29H,1-6H3. The molecule has 0 aromatic heterocycles. The molecule has 48 heavy (non-hydrogen) atoms. The Morgan fingerprint density at radius 2 is 0.833 bits per heavy atom. The van der Waals surface area contributed by atoms with Gasteiger partial charge < -0.3 is 4.90 Å². The fourth-order valence-electron chi connectivity index (χ4n) is 8.69. The van der Waals surface area contributed by atoms with E-state index in [1.54, 1.807) is 0 Å². The van der Waals surface area contributed by atoms with Crippen LogP contribution in [0.3, 0.4) is 0 Å². The fourth-order valence-corrected chi connectivity index (χ4v) is 8.69. The van der Waals surface area contributed by atoms with Crippen LogP contribution in [0.2, 0.25) is 0 Å². The van der Waals surface area contributed by atoms with Gasteiger partial charge in [0.25, 0.3) is 0 Å². The molecule has 1 heteroatoms. The third-order valence-corrected chi connectivity index (χ3v) is 12.2. The molecular weight excluding hydrogens is 579 g/mol. The predicted octanol–water partition coefficient (Wildman–Crippen LogP) is 13.0. The highest BCUT2D eigenvalue weighted by atomic mass is 15.1. The minimum absolute atomic E-state index is 0.0310. The SMILES string of the molecule is CC1(C)c2ccccc2-c2cc3ccc(N(c4ccc5c(c4)C(C)(C)C(C)(C)c4ccccc4-5)c4ccc5ccccc5c4)cc3cc21. The molecule has 1 nitrogen and oxygen atoms in total. The maximum atomic E-state index is 2.47. The lowest BCUT2D eigenvalue weighted by molar-refractivity contribution is 0.299. The molecule has 9 rings (SSSR count). The molecule has 0 fully saturated rings. The van der Waals surface area contributed by atoms with E-state index in [0.29, 0.717) is 0 Å². The van der Waals surface area contributed by atoms with Gasteiger partial charge in [0, 0.05) is 22.5 Å². The Balaban J connectivity index is 1.26. The minimum Gasteiger partial charge on any atom is -0.310 e. The van der Waals surface area contributed by atoms with Crippen molar-refractivity contribution >= 4 is 38.6 Å². The van der Waals surface area contributed by atoms with Gasteiger partial charge in [-0.05, 0) is 125 Å². The number of rotatable bonds is 3. The zero-order chi connectivity index (χ0) is 33.0. The summed E-state index contributed by atoms with van der Waals surface area (Å²) in [4.78, 5) is 2.46. The van der Waals surface area contributed by atoms with Crippen molar-refractivity contribution in [1.82, 2.24) is 0 Å². The molecular formula is C47H41N. The summed E-state index contributed by atoms with van der Waals surface area (Å²) in [5.74, 6) is 0. The summed E-state index contributed by atoms with van der Waals surface area (Å²) in [6.07, 6.45) is 0. The van der Waals surface area contributed by atoms with E-state index in [2.05, 4.69) is 186 Å². The molecule has 0 heterocycles. The number of nitrogens with zero attached hydrogens (tertiary/aromatic N) is 1. The van der Waals surface area contributed by atoms with Crippen molar-refractivity contribution in [1.29, 1.82) is 0 Å². The Hall–Kier alpha value is -5.14. The molecule has 7 aromatic rings. The van der Waals surface area contributed by atoms with Crippen molar-refractivity contribution in [3.8, 4) is 22.3 Å². The van der Waals surface area contributed by atoms with Crippen molar-refractivity contribution in [2.75, 3.05) is 4.90 Å². The van der Waals surface area contributed by atoms with E-state index in [1.807, 2.05) is 0 Å². The lowest BCUT2D eigenvalue weighted by Crippen LogP contribution is -2.43. The highest BCUT2D eigenvalue weighted by molar-refractivity contribution is 5.97. The molecule has 0 radical (unpaired) electrons. The zero-order valence-corrected chi connectivity index (χ0v) is 28.7. The van der Waals surface area contributed by atoms with E-state index in [1.165, 1.54) is 77.4 Å². The Bertz CT molecular complexity index is 2440. The van der Waals surface area contributed by atoms with E-state index in [9.17, 15) is 0 Å². The second-order valence-electron chi connectivity index (χ2n) is 15.5. The molecule has 0 unspecified atom stereocenters.